The predicted octanol–water partition coefficient (Wildman–Crippen LogP) is 0.230. The third-order valence-electron chi connectivity index (χ3n) is 2.85. The minimum atomic E-state index is -0.355. The van der Waals surface area contributed by atoms with Crippen LogP contribution in [0.25, 0.3) is 11.5 Å². The third-order valence-corrected chi connectivity index (χ3v) is 2.85. The van der Waals surface area contributed by atoms with E-state index in [9.17, 15) is 5.11 Å². The van der Waals surface area contributed by atoms with Crippen LogP contribution in [0, 0.1) is 6.92 Å². The summed E-state index contributed by atoms with van der Waals surface area (Å²) in [5, 5.41) is 16.5. The second-order valence-corrected chi connectivity index (χ2v) is 4.30. The van der Waals surface area contributed by atoms with Gasteiger partial charge in [0.1, 0.15) is 11.5 Å². The van der Waals surface area contributed by atoms with Gasteiger partial charge in [-0.2, -0.15) is 4.98 Å². The van der Waals surface area contributed by atoms with E-state index < -0.39 is 0 Å². The van der Waals surface area contributed by atoms with Gasteiger partial charge in [-0.3, -0.25) is 0 Å². The maximum atomic E-state index is 9.45. The van der Waals surface area contributed by atoms with Gasteiger partial charge in [0.05, 0.1) is 12.1 Å². The van der Waals surface area contributed by atoms with Crippen LogP contribution >= 0.6 is 0 Å². The Hall–Kier alpha value is -1.86. The summed E-state index contributed by atoms with van der Waals surface area (Å²) >= 11 is 0. The molecule has 2 aromatic heterocycles. The first-order valence-electron chi connectivity index (χ1n) is 5.77. The molecular formula is C11H13N5O2. The zero-order chi connectivity index (χ0) is 12.5. The Kier molecular flexibility index (Phi) is 2.77. The lowest BCUT2D eigenvalue weighted by Gasteiger charge is -2.01. The van der Waals surface area contributed by atoms with E-state index >= 15 is 0 Å². The van der Waals surface area contributed by atoms with Crippen molar-refractivity contribution >= 4 is 0 Å². The molecule has 2 N–H and O–H groups in total. The summed E-state index contributed by atoms with van der Waals surface area (Å²) < 4.78 is 5.20. The molecule has 1 aliphatic heterocycles. The van der Waals surface area contributed by atoms with Gasteiger partial charge in [0.15, 0.2) is 0 Å². The lowest BCUT2D eigenvalue weighted by atomic mass is 10.2. The molecule has 0 radical (unpaired) electrons. The Balaban J connectivity index is 1.85. The molecule has 7 nitrogen and oxygen atoms in total. The SMILES string of the molecule is Cc1nccc(-c2noc([C@@H]3C[C@H](O)CN3)n2)n1. The maximum Gasteiger partial charge on any atom is 0.244 e. The number of nitrogens with one attached hydrogen (secondary N) is 1. The van der Waals surface area contributed by atoms with Crippen LogP contribution in [0.3, 0.4) is 0 Å². The van der Waals surface area contributed by atoms with Gasteiger partial charge in [-0.25, -0.2) is 9.97 Å². The maximum absolute atomic E-state index is 9.45. The molecular weight excluding hydrogens is 234 g/mol. The number of aliphatic hydroxyl groups excluding tert-OH is 1. The second kappa shape index (κ2) is 4.43. The highest BCUT2D eigenvalue weighted by molar-refractivity contribution is 5.47. The zero-order valence-corrected chi connectivity index (χ0v) is 9.87. The van der Waals surface area contributed by atoms with Gasteiger partial charge in [-0.1, -0.05) is 5.16 Å². The fourth-order valence-electron chi connectivity index (χ4n) is 1.97. The minimum absolute atomic E-state index is 0.0795. The highest BCUT2D eigenvalue weighted by Crippen LogP contribution is 2.23. The molecule has 94 valence electrons. The van der Waals surface area contributed by atoms with Crippen molar-refractivity contribution in [2.75, 3.05) is 6.54 Å². The van der Waals surface area contributed by atoms with E-state index in [2.05, 4.69) is 25.4 Å². The summed E-state index contributed by atoms with van der Waals surface area (Å²) in [6, 6.07) is 1.66. The van der Waals surface area contributed by atoms with E-state index in [0.717, 1.165) is 0 Å². The molecule has 1 aliphatic rings. The van der Waals surface area contributed by atoms with Crippen LogP contribution in [0.2, 0.25) is 0 Å². The first-order chi connectivity index (χ1) is 8.72. The Morgan fingerprint density at radius 1 is 1.44 bits per heavy atom. The van der Waals surface area contributed by atoms with Crippen LogP contribution in [0.15, 0.2) is 16.8 Å². The summed E-state index contributed by atoms with van der Waals surface area (Å²) in [6.45, 7) is 2.36. The summed E-state index contributed by atoms with van der Waals surface area (Å²) in [5.41, 5.74) is 0.635. The Morgan fingerprint density at radius 3 is 3.06 bits per heavy atom. The van der Waals surface area contributed by atoms with Gasteiger partial charge in [0.2, 0.25) is 11.7 Å². The quantitative estimate of drug-likeness (QED) is 0.784. The molecule has 7 heteroatoms. The minimum Gasteiger partial charge on any atom is -0.392 e. The van der Waals surface area contributed by atoms with Crippen molar-refractivity contribution in [1.82, 2.24) is 25.4 Å². The summed E-state index contributed by atoms with van der Waals surface area (Å²) in [4.78, 5) is 12.5. The number of hydrogen-bond donors (Lipinski definition) is 2. The largest absolute Gasteiger partial charge is 0.392 e. The molecule has 0 aromatic carbocycles. The van der Waals surface area contributed by atoms with Gasteiger partial charge in [0.25, 0.3) is 0 Å². The molecule has 0 unspecified atom stereocenters. The monoisotopic (exact) mass is 247 g/mol. The number of nitrogens with zero attached hydrogens (tertiary/aromatic N) is 4. The Bertz CT molecular complexity index is 556. The molecule has 0 aliphatic carbocycles. The lowest BCUT2D eigenvalue weighted by Crippen LogP contribution is -2.15. The van der Waals surface area contributed by atoms with Gasteiger partial charge >= 0.3 is 0 Å². The predicted molar refractivity (Wildman–Crippen MR) is 61.4 cm³/mol. The standard InChI is InChI=1S/C11H13N5O2/c1-6-12-3-2-8(14-6)10-15-11(18-16-10)9-4-7(17)5-13-9/h2-3,7,9,13,17H,4-5H2,1H3/t7-,9-/m0/s1. The number of aryl methyl sites for hydroxylation is 1. The van der Waals surface area contributed by atoms with Crippen molar-refractivity contribution < 1.29 is 9.63 Å². The smallest absolute Gasteiger partial charge is 0.244 e. The van der Waals surface area contributed by atoms with E-state index in [4.69, 9.17) is 4.52 Å². The molecule has 0 amide bonds. The van der Waals surface area contributed by atoms with Crippen molar-refractivity contribution in [2.45, 2.75) is 25.5 Å². The van der Waals surface area contributed by atoms with Crippen LogP contribution in [0.1, 0.15) is 24.2 Å². The summed E-state index contributed by atoms with van der Waals surface area (Å²) in [7, 11) is 0. The van der Waals surface area contributed by atoms with Gasteiger partial charge in [-0.05, 0) is 19.4 Å². The van der Waals surface area contributed by atoms with Gasteiger partial charge < -0.3 is 14.9 Å². The van der Waals surface area contributed by atoms with Crippen LogP contribution in [0.5, 0.6) is 0 Å². The molecule has 3 heterocycles. The lowest BCUT2D eigenvalue weighted by molar-refractivity contribution is 0.191. The van der Waals surface area contributed by atoms with Crippen molar-refractivity contribution in [1.29, 1.82) is 0 Å². The molecule has 0 saturated carbocycles. The van der Waals surface area contributed by atoms with Crippen molar-refractivity contribution in [3.8, 4) is 11.5 Å². The average Bonchev–Trinajstić information content (AvgIpc) is 2.97. The number of rotatable bonds is 2. The van der Waals surface area contributed by atoms with Crippen LogP contribution in [0.4, 0.5) is 0 Å². The van der Waals surface area contributed by atoms with E-state index in [1.165, 1.54) is 0 Å². The van der Waals surface area contributed by atoms with Crippen LogP contribution in [-0.2, 0) is 0 Å². The summed E-state index contributed by atoms with van der Waals surface area (Å²) in [5.74, 6) is 1.59. The topological polar surface area (TPSA) is 97.0 Å². The van der Waals surface area contributed by atoms with Crippen LogP contribution in [-0.4, -0.2) is 37.9 Å². The molecule has 18 heavy (non-hydrogen) atoms. The Morgan fingerprint density at radius 2 is 2.33 bits per heavy atom. The van der Waals surface area contributed by atoms with Crippen molar-refractivity contribution in [3.05, 3.63) is 24.0 Å². The number of hydrogen-bond acceptors (Lipinski definition) is 7. The van der Waals surface area contributed by atoms with E-state index in [1.807, 2.05) is 0 Å². The normalized spacial score (nSPS) is 23.4. The van der Waals surface area contributed by atoms with Crippen molar-refractivity contribution in [3.63, 3.8) is 0 Å². The van der Waals surface area contributed by atoms with E-state index in [-0.39, 0.29) is 12.1 Å². The summed E-state index contributed by atoms with van der Waals surface area (Å²) in [6.07, 6.45) is 1.89. The number of β-amino-alcohol motifs (C(OH)–C–C–N with tert-alkyl or cyclic N) is 1. The number of aliphatic hydroxyl groups is 1. The van der Waals surface area contributed by atoms with Crippen molar-refractivity contribution in [2.24, 2.45) is 0 Å². The third kappa shape index (κ3) is 2.09. The highest BCUT2D eigenvalue weighted by Gasteiger charge is 2.28. The highest BCUT2D eigenvalue weighted by atomic mass is 16.5. The first-order valence-corrected chi connectivity index (χ1v) is 5.77. The fraction of sp³-hybridized carbons (Fsp3) is 0.455. The number of aromatic nitrogens is 4. The molecule has 3 rings (SSSR count). The second-order valence-electron chi connectivity index (χ2n) is 4.30. The molecule has 2 aromatic rings. The molecule has 1 fully saturated rings. The zero-order valence-electron chi connectivity index (χ0n) is 9.87. The van der Waals surface area contributed by atoms with Gasteiger partial charge in [0, 0.05) is 12.7 Å². The van der Waals surface area contributed by atoms with Gasteiger partial charge in [-0.15, -0.1) is 0 Å². The first kappa shape index (κ1) is 11.2. The molecule has 2 atom stereocenters. The average molecular weight is 247 g/mol. The molecule has 1 saturated heterocycles. The van der Waals surface area contributed by atoms with E-state index in [1.54, 1.807) is 19.2 Å². The molecule has 0 spiro atoms. The Labute approximate surface area is 103 Å². The van der Waals surface area contributed by atoms with E-state index in [0.29, 0.717) is 36.2 Å². The fourth-order valence-corrected chi connectivity index (χ4v) is 1.97. The van der Waals surface area contributed by atoms with Crippen LogP contribution < -0.4 is 5.32 Å². The molecule has 0 bridgehead atoms.